The van der Waals surface area contributed by atoms with Crippen LogP contribution in [0.25, 0.3) is 0 Å². The van der Waals surface area contributed by atoms with Crippen molar-refractivity contribution in [3.8, 4) is 11.5 Å². The molecule has 0 aromatic heterocycles. The molecule has 2 N–H and O–H groups in total. The summed E-state index contributed by atoms with van der Waals surface area (Å²) in [5.41, 5.74) is -0.448. The van der Waals surface area contributed by atoms with Gasteiger partial charge in [0.25, 0.3) is 5.91 Å². The fourth-order valence-corrected chi connectivity index (χ4v) is 2.73. The average Bonchev–Trinajstić information content (AvgIpc) is 2.73. The number of nitrogens with one attached hydrogen (secondary N) is 2. The molecule has 168 valence electrons. The number of amides is 2. The largest absolute Gasteiger partial charge is 0.493 e. The first-order valence-electron chi connectivity index (χ1n) is 9.35. The Hall–Kier alpha value is -2.94. The highest BCUT2D eigenvalue weighted by Gasteiger charge is 2.18. The molecule has 0 bridgehead atoms. The van der Waals surface area contributed by atoms with Crippen LogP contribution in [0.1, 0.15) is 30.6 Å². The van der Waals surface area contributed by atoms with Gasteiger partial charge in [-0.3, -0.25) is 9.59 Å². The Labute approximate surface area is 182 Å². The van der Waals surface area contributed by atoms with Gasteiger partial charge in [0.2, 0.25) is 5.91 Å². The van der Waals surface area contributed by atoms with Crippen LogP contribution in [0.3, 0.4) is 0 Å². The Bertz CT molecular complexity index is 970. The van der Waals surface area contributed by atoms with E-state index in [1.807, 2.05) is 13.8 Å². The SMILES string of the molecule is COc1cc(C(=O)NCC(=O)Nc2ccc(F)c(F)c2F)cc(Cl)c1OCCC(C)C. The van der Waals surface area contributed by atoms with Crippen molar-refractivity contribution in [3.63, 3.8) is 0 Å². The average molecular weight is 459 g/mol. The Morgan fingerprint density at radius 3 is 2.48 bits per heavy atom. The topological polar surface area (TPSA) is 76.7 Å². The molecule has 10 heteroatoms. The fourth-order valence-electron chi connectivity index (χ4n) is 2.47. The molecule has 0 aliphatic carbocycles. The fraction of sp³-hybridized carbons (Fsp3) is 0.333. The van der Waals surface area contributed by atoms with Crippen LogP contribution < -0.4 is 20.1 Å². The van der Waals surface area contributed by atoms with Crippen molar-refractivity contribution >= 4 is 29.1 Å². The summed E-state index contributed by atoms with van der Waals surface area (Å²) in [5, 5.41) is 4.53. The molecule has 0 saturated heterocycles. The van der Waals surface area contributed by atoms with E-state index in [1.54, 1.807) is 0 Å². The first-order valence-corrected chi connectivity index (χ1v) is 9.73. The zero-order valence-electron chi connectivity index (χ0n) is 17.2. The molecule has 2 amide bonds. The molecule has 0 heterocycles. The van der Waals surface area contributed by atoms with Gasteiger partial charge in [0, 0.05) is 5.56 Å². The molecule has 31 heavy (non-hydrogen) atoms. The molecule has 0 spiro atoms. The van der Waals surface area contributed by atoms with Crippen LogP contribution in [-0.4, -0.2) is 32.1 Å². The third-order valence-electron chi connectivity index (χ3n) is 4.15. The number of anilines is 1. The van der Waals surface area contributed by atoms with E-state index in [9.17, 15) is 22.8 Å². The van der Waals surface area contributed by atoms with Crippen LogP contribution in [0.2, 0.25) is 5.02 Å². The number of benzene rings is 2. The Kier molecular flexibility index (Phi) is 8.56. The van der Waals surface area contributed by atoms with Gasteiger partial charge >= 0.3 is 0 Å². The van der Waals surface area contributed by atoms with Crippen LogP contribution in [0.4, 0.5) is 18.9 Å². The number of methoxy groups -OCH3 is 1. The molecule has 2 rings (SSSR count). The molecular formula is C21H22ClF3N2O4. The van der Waals surface area contributed by atoms with Gasteiger partial charge in [0.1, 0.15) is 0 Å². The van der Waals surface area contributed by atoms with Gasteiger partial charge in [-0.25, -0.2) is 13.2 Å². The van der Waals surface area contributed by atoms with Gasteiger partial charge in [0.05, 0.1) is 31.0 Å². The summed E-state index contributed by atoms with van der Waals surface area (Å²) in [7, 11) is 1.40. The second-order valence-corrected chi connectivity index (χ2v) is 7.38. The number of carbonyl (C=O) groups excluding carboxylic acids is 2. The highest BCUT2D eigenvalue weighted by molar-refractivity contribution is 6.32. The van der Waals surface area contributed by atoms with Gasteiger partial charge in [-0.15, -0.1) is 0 Å². The normalized spacial score (nSPS) is 10.7. The Balaban J connectivity index is 2.02. The number of halogens is 4. The van der Waals surface area contributed by atoms with Crippen molar-refractivity contribution in [1.29, 1.82) is 0 Å². The predicted molar refractivity (Wildman–Crippen MR) is 110 cm³/mol. The summed E-state index contributed by atoms with van der Waals surface area (Å²) in [4.78, 5) is 24.3. The Morgan fingerprint density at radius 1 is 1.13 bits per heavy atom. The summed E-state index contributed by atoms with van der Waals surface area (Å²) in [6.07, 6.45) is 0.801. The molecule has 0 aliphatic heterocycles. The zero-order valence-corrected chi connectivity index (χ0v) is 17.9. The second-order valence-electron chi connectivity index (χ2n) is 6.97. The molecule has 2 aromatic carbocycles. The zero-order chi connectivity index (χ0) is 23.1. The predicted octanol–water partition coefficient (Wildman–Crippen LogP) is 4.56. The molecule has 0 radical (unpaired) electrons. The lowest BCUT2D eigenvalue weighted by molar-refractivity contribution is -0.115. The minimum absolute atomic E-state index is 0.102. The van der Waals surface area contributed by atoms with Crippen molar-refractivity contribution < 1.29 is 32.2 Å². The van der Waals surface area contributed by atoms with E-state index in [-0.39, 0.29) is 16.3 Å². The molecule has 0 saturated carbocycles. The standard InChI is InChI=1S/C21H22ClF3N2O4/c1-11(2)6-7-31-20-13(22)8-12(9-16(20)30-3)21(29)26-10-17(28)27-15-5-4-14(23)18(24)19(15)25/h4-5,8-9,11H,6-7,10H2,1-3H3,(H,26,29)(H,27,28). The van der Waals surface area contributed by atoms with Crippen LogP contribution in [0.5, 0.6) is 11.5 Å². The third-order valence-corrected chi connectivity index (χ3v) is 4.43. The molecule has 0 fully saturated rings. The maximum Gasteiger partial charge on any atom is 0.251 e. The number of hydrogen-bond donors (Lipinski definition) is 2. The maximum absolute atomic E-state index is 13.6. The minimum Gasteiger partial charge on any atom is -0.493 e. The smallest absolute Gasteiger partial charge is 0.251 e. The number of carbonyl (C=O) groups is 2. The lowest BCUT2D eigenvalue weighted by atomic mass is 10.1. The monoisotopic (exact) mass is 458 g/mol. The maximum atomic E-state index is 13.6. The van der Waals surface area contributed by atoms with Crippen molar-refractivity contribution in [2.75, 3.05) is 25.6 Å². The van der Waals surface area contributed by atoms with E-state index < -0.39 is 41.5 Å². The van der Waals surface area contributed by atoms with Crippen LogP contribution in [0, 0.1) is 23.4 Å². The lowest BCUT2D eigenvalue weighted by Gasteiger charge is -2.15. The van der Waals surface area contributed by atoms with Crippen molar-refractivity contribution in [2.24, 2.45) is 5.92 Å². The summed E-state index contributed by atoms with van der Waals surface area (Å²) >= 11 is 6.22. The van der Waals surface area contributed by atoms with Gasteiger partial charge in [-0.2, -0.15) is 0 Å². The van der Waals surface area contributed by atoms with E-state index in [0.717, 1.165) is 12.5 Å². The Morgan fingerprint density at radius 2 is 1.84 bits per heavy atom. The van der Waals surface area contributed by atoms with Gasteiger partial charge < -0.3 is 20.1 Å². The van der Waals surface area contributed by atoms with E-state index in [4.69, 9.17) is 21.1 Å². The van der Waals surface area contributed by atoms with Gasteiger partial charge in [-0.1, -0.05) is 25.4 Å². The molecule has 2 aromatic rings. The number of rotatable bonds is 9. The van der Waals surface area contributed by atoms with E-state index in [0.29, 0.717) is 24.3 Å². The van der Waals surface area contributed by atoms with Crippen LogP contribution >= 0.6 is 11.6 Å². The quantitative estimate of drug-likeness (QED) is 0.540. The van der Waals surface area contributed by atoms with E-state index >= 15 is 0 Å². The molecular weight excluding hydrogens is 437 g/mol. The van der Waals surface area contributed by atoms with Crippen molar-refractivity contribution in [1.82, 2.24) is 5.32 Å². The van der Waals surface area contributed by atoms with Crippen LogP contribution in [-0.2, 0) is 4.79 Å². The van der Waals surface area contributed by atoms with E-state index in [1.165, 1.54) is 19.2 Å². The first-order chi connectivity index (χ1) is 14.6. The molecule has 6 nitrogen and oxygen atoms in total. The second kappa shape index (κ2) is 10.9. The van der Waals surface area contributed by atoms with E-state index in [2.05, 4.69) is 10.6 Å². The number of hydrogen-bond acceptors (Lipinski definition) is 4. The van der Waals surface area contributed by atoms with Crippen molar-refractivity contribution in [3.05, 3.63) is 52.3 Å². The summed E-state index contributed by atoms with van der Waals surface area (Å²) in [5.74, 6) is -5.15. The molecule has 0 aliphatic rings. The molecule has 0 atom stereocenters. The minimum atomic E-state index is -1.71. The first kappa shape index (κ1) is 24.3. The van der Waals surface area contributed by atoms with Crippen molar-refractivity contribution in [2.45, 2.75) is 20.3 Å². The molecule has 0 unspecified atom stereocenters. The summed E-state index contributed by atoms with van der Waals surface area (Å²) in [6, 6.07) is 4.30. The highest BCUT2D eigenvalue weighted by Crippen LogP contribution is 2.36. The van der Waals surface area contributed by atoms with Crippen LogP contribution in [0.15, 0.2) is 24.3 Å². The summed E-state index contributed by atoms with van der Waals surface area (Å²) < 4.78 is 50.7. The lowest BCUT2D eigenvalue weighted by Crippen LogP contribution is -2.33. The van der Waals surface area contributed by atoms with Gasteiger partial charge in [-0.05, 0) is 36.6 Å². The summed E-state index contributed by atoms with van der Waals surface area (Å²) in [6.45, 7) is 3.96. The third kappa shape index (κ3) is 6.52. The number of ether oxygens (including phenoxy) is 2. The van der Waals surface area contributed by atoms with Gasteiger partial charge in [0.15, 0.2) is 29.0 Å². The highest BCUT2D eigenvalue weighted by atomic mass is 35.5.